The monoisotopic (exact) mass is 270 g/mol. The van der Waals surface area contributed by atoms with Gasteiger partial charge >= 0.3 is 5.97 Å². The Bertz CT molecular complexity index is 385. The molecule has 3 nitrogen and oxygen atoms in total. The van der Waals surface area contributed by atoms with Gasteiger partial charge in [0.1, 0.15) is 5.75 Å². The minimum absolute atomic E-state index is 0.538. The van der Waals surface area contributed by atoms with Crippen LogP contribution in [0.4, 0.5) is 0 Å². The molecule has 0 aliphatic carbocycles. The van der Waals surface area contributed by atoms with Gasteiger partial charge in [0.05, 0.1) is 11.1 Å². The van der Waals surface area contributed by atoms with E-state index in [9.17, 15) is 4.79 Å². The van der Waals surface area contributed by atoms with Crippen molar-refractivity contribution in [3.05, 3.63) is 34.3 Å². The molecule has 0 saturated carbocycles. The maximum Gasteiger partial charge on any atom is 0.328 e. The number of benzene rings is 1. The third-order valence-corrected chi connectivity index (χ3v) is 2.32. The molecule has 0 aromatic heterocycles. The molecule has 1 rings (SSSR count). The van der Waals surface area contributed by atoms with Crippen LogP contribution in [0.2, 0.25) is 0 Å². The lowest BCUT2D eigenvalue weighted by molar-refractivity contribution is -0.131. The predicted octanol–water partition coefficient (Wildman–Crippen LogP) is 2.95. The molecule has 0 aliphatic heterocycles. The average Bonchev–Trinajstić information content (AvgIpc) is 2.19. The molecule has 0 radical (unpaired) electrons. The van der Waals surface area contributed by atoms with Crippen molar-refractivity contribution in [2.45, 2.75) is 6.92 Å². The van der Waals surface area contributed by atoms with Gasteiger partial charge < -0.3 is 9.84 Å². The van der Waals surface area contributed by atoms with Crippen molar-refractivity contribution in [1.29, 1.82) is 0 Å². The lowest BCUT2D eigenvalue weighted by Crippen LogP contribution is -1.95. The summed E-state index contributed by atoms with van der Waals surface area (Å²) in [6, 6.07) is 5.48. The highest BCUT2D eigenvalue weighted by atomic mass is 79.9. The maximum absolute atomic E-state index is 10.4. The van der Waals surface area contributed by atoms with Crippen LogP contribution in [-0.4, -0.2) is 17.7 Å². The van der Waals surface area contributed by atoms with E-state index in [0.717, 1.165) is 16.1 Å². The Kier molecular flexibility index (Phi) is 4.37. The molecule has 1 aromatic rings. The first-order valence-corrected chi connectivity index (χ1v) is 5.26. The summed E-state index contributed by atoms with van der Waals surface area (Å²) in [5.41, 5.74) is 0.744. The van der Waals surface area contributed by atoms with Crippen molar-refractivity contribution < 1.29 is 14.6 Å². The van der Waals surface area contributed by atoms with Crippen molar-refractivity contribution in [3.63, 3.8) is 0 Å². The second-order valence-corrected chi connectivity index (χ2v) is 3.62. The summed E-state index contributed by atoms with van der Waals surface area (Å²) in [6.07, 6.45) is 2.60. The molecule has 0 heterocycles. The summed E-state index contributed by atoms with van der Waals surface area (Å²) >= 11 is 3.35. The van der Waals surface area contributed by atoms with Gasteiger partial charge in [-0.15, -0.1) is 0 Å². The summed E-state index contributed by atoms with van der Waals surface area (Å²) in [5, 5.41) is 8.53. The lowest BCUT2D eigenvalue weighted by atomic mass is 10.2. The maximum atomic E-state index is 10.4. The van der Waals surface area contributed by atoms with E-state index < -0.39 is 5.97 Å². The van der Waals surface area contributed by atoms with Gasteiger partial charge in [-0.2, -0.15) is 0 Å². The number of carbonyl (C=O) groups is 1. The van der Waals surface area contributed by atoms with Crippen molar-refractivity contribution in [2.24, 2.45) is 0 Å². The van der Waals surface area contributed by atoms with Crippen LogP contribution in [0.5, 0.6) is 5.75 Å². The summed E-state index contributed by atoms with van der Waals surface area (Å²) in [7, 11) is 0. The van der Waals surface area contributed by atoms with Crippen LogP contribution in [0, 0.1) is 0 Å². The lowest BCUT2D eigenvalue weighted by Gasteiger charge is -2.08. The van der Waals surface area contributed by atoms with Crippen molar-refractivity contribution in [1.82, 2.24) is 0 Å². The molecule has 0 atom stereocenters. The number of para-hydroxylation sites is 1. The topological polar surface area (TPSA) is 46.5 Å². The molecule has 4 heteroatoms. The molecule has 0 fully saturated rings. The molecular formula is C11H11BrO3. The third-order valence-electron chi connectivity index (χ3n) is 1.69. The first-order chi connectivity index (χ1) is 7.15. The number of carboxylic acids is 1. The third kappa shape index (κ3) is 3.40. The standard InChI is InChI=1S/C11H11BrO3/c1-2-15-11-8(6-7-10(13)14)4-3-5-9(11)12/h3-7H,2H2,1H3,(H,13,14)/b7-6+. The summed E-state index contributed by atoms with van der Waals surface area (Å²) in [6.45, 7) is 2.42. The van der Waals surface area contributed by atoms with Crippen LogP contribution in [0.3, 0.4) is 0 Å². The quantitative estimate of drug-likeness (QED) is 0.856. The van der Waals surface area contributed by atoms with Gasteiger partial charge in [0.15, 0.2) is 0 Å². The van der Waals surface area contributed by atoms with E-state index >= 15 is 0 Å². The van der Waals surface area contributed by atoms with Gasteiger partial charge in [-0.1, -0.05) is 12.1 Å². The SMILES string of the molecule is CCOc1c(Br)cccc1/C=C/C(=O)O. The summed E-state index contributed by atoms with van der Waals surface area (Å²) < 4.78 is 6.23. The fourth-order valence-electron chi connectivity index (χ4n) is 1.11. The number of carboxylic acid groups (broad SMARTS) is 1. The van der Waals surface area contributed by atoms with Crippen LogP contribution >= 0.6 is 15.9 Å². The van der Waals surface area contributed by atoms with E-state index in [4.69, 9.17) is 9.84 Å². The fourth-order valence-corrected chi connectivity index (χ4v) is 1.61. The van der Waals surface area contributed by atoms with Crippen LogP contribution in [0.25, 0.3) is 6.08 Å². The fraction of sp³-hybridized carbons (Fsp3) is 0.182. The van der Waals surface area contributed by atoms with E-state index in [1.54, 1.807) is 6.07 Å². The molecule has 0 amide bonds. The zero-order chi connectivity index (χ0) is 11.3. The van der Waals surface area contributed by atoms with Crippen LogP contribution in [0.15, 0.2) is 28.7 Å². The number of rotatable bonds is 4. The molecule has 0 unspecified atom stereocenters. The largest absolute Gasteiger partial charge is 0.492 e. The van der Waals surface area contributed by atoms with Crippen LogP contribution in [0.1, 0.15) is 12.5 Å². The highest BCUT2D eigenvalue weighted by Crippen LogP contribution is 2.29. The Morgan fingerprint density at radius 2 is 2.33 bits per heavy atom. The number of aliphatic carboxylic acids is 1. The molecule has 15 heavy (non-hydrogen) atoms. The Hall–Kier alpha value is -1.29. The second kappa shape index (κ2) is 5.56. The first kappa shape index (κ1) is 11.8. The smallest absolute Gasteiger partial charge is 0.328 e. The zero-order valence-corrected chi connectivity index (χ0v) is 9.82. The zero-order valence-electron chi connectivity index (χ0n) is 8.24. The Balaban J connectivity index is 3.05. The van der Waals surface area contributed by atoms with Crippen LogP contribution in [-0.2, 0) is 4.79 Å². The highest BCUT2D eigenvalue weighted by Gasteiger charge is 2.04. The molecule has 0 spiro atoms. The summed E-state index contributed by atoms with van der Waals surface area (Å²) in [5.74, 6) is -0.310. The molecule has 0 aliphatic rings. The van der Waals surface area contributed by atoms with Gasteiger partial charge in [0.25, 0.3) is 0 Å². The first-order valence-electron chi connectivity index (χ1n) is 4.47. The minimum Gasteiger partial charge on any atom is -0.492 e. The van der Waals surface area contributed by atoms with Gasteiger partial charge in [-0.3, -0.25) is 0 Å². The van der Waals surface area contributed by atoms with Gasteiger partial charge in [-0.25, -0.2) is 4.79 Å². The Morgan fingerprint density at radius 1 is 1.60 bits per heavy atom. The molecular weight excluding hydrogens is 260 g/mol. The van der Waals surface area contributed by atoms with Gasteiger partial charge in [0, 0.05) is 11.6 Å². The average molecular weight is 271 g/mol. The van der Waals surface area contributed by atoms with Gasteiger partial charge in [0.2, 0.25) is 0 Å². The number of hydrogen-bond donors (Lipinski definition) is 1. The molecule has 0 saturated heterocycles. The van der Waals surface area contributed by atoms with Gasteiger partial charge in [-0.05, 0) is 35.0 Å². The highest BCUT2D eigenvalue weighted by molar-refractivity contribution is 9.10. The number of ether oxygens (including phenoxy) is 1. The van der Waals surface area contributed by atoms with Crippen LogP contribution < -0.4 is 4.74 Å². The van der Waals surface area contributed by atoms with E-state index in [0.29, 0.717) is 12.4 Å². The Morgan fingerprint density at radius 3 is 2.93 bits per heavy atom. The predicted molar refractivity (Wildman–Crippen MR) is 62.0 cm³/mol. The normalized spacial score (nSPS) is 10.5. The number of hydrogen-bond acceptors (Lipinski definition) is 2. The molecule has 1 N–H and O–H groups in total. The van der Waals surface area contributed by atoms with E-state index in [2.05, 4.69) is 15.9 Å². The minimum atomic E-state index is -0.975. The molecule has 0 bridgehead atoms. The second-order valence-electron chi connectivity index (χ2n) is 2.76. The molecule has 80 valence electrons. The summed E-state index contributed by atoms with van der Waals surface area (Å²) in [4.78, 5) is 10.4. The Labute approximate surface area is 96.5 Å². The molecule has 1 aromatic carbocycles. The van der Waals surface area contributed by atoms with E-state index in [-0.39, 0.29) is 0 Å². The van der Waals surface area contributed by atoms with Crippen molar-refractivity contribution >= 4 is 28.0 Å². The van der Waals surface area contributed by atoms with E-state index in [1.807, 2.05) is 19.1 Å². The van der Waals surface area contributed by atoms with Crippen molar-refractivity contribution in [3.8, 4) is 5.75 Å². The van der Waals surface area contributed by atoms with Crippen molar-refractivity contribution in [2.75, 3.05) is 6.61 Å². The van der Waals surface area contributed by atoms with E-state index in [1.165, 1.54) is 6.08 Å². The number of halogens is 1.